The molecule has 1 heterocycles. The van der Waals surface area contributed by atoms with Gasteiger partial charge in [0, 0.05) is 5.69 Å². The average molecular weight is 215 g/mol. The van der Waals surface area contributed by atoms with E-state index in [1.807, 2.05) is 0 Å². The molecule has 0 amide bonds. The SMILES string of the molecule is CCOC(=O)Cc1nc(C)cc(Cl)n1. The number of nitrogens with zero attached hydrogens (tertiary/aromatic N) is 2. The van der Waals surface area contributed by atoms with Crippen LogP contribution in [0.4, 0.5) is 0 Å². The molecule has 0 aliphatic heterocycles. The maximum atomic E-state index is 11.1. The molecule has 5 heteroatoms. The maximum absolute atomic E-state index is 11.1. The molecule has 0 saturated carbocycles. The molecular formula is C9H11ClN2O2. The minimum atomic E-state index is -0.339. The highest BCUT2D eigenvalue weighted by atomic mass is 35.5. The molecule has 4 nitrogen and oxygen atoms in total. The lowest BCUT2D eigenvalue weighted by Gasteiger charge is -2.02. The number of aromatic nitrogens is 2. The van der Waals surface area contributed by atoms with Gasteiger partial charge in [0.2, 0.25) is 0 Å². The van der Waals surface area contributed by atoms with Gasteiger partial charge < -0.3 is 4.74 Å². The second-order valence-corrected chi connectivity index (χ2v) is 3.12. The first-order valence-corrected chi connectivity index (χ1v) is 4.65. The molecule has 0 radical (unpaired) electrons. The van der Waals surface area contributed by atoms with Gasteiger partial charge in [-0.15, -0.1) is 0 Å². The van der Waals surface area contributed by atoms with Crippen molar-refractivity contribution in [2.24, 2.45) is 0 Å². The van der Waals surface area contributed by atoms with E-state index in [0.717, 1.165) is 5.69 Å². The molecule has 0 atom stereocenters. The highest BCUT2D eigenvalue weighted by Gasteiger charge is 2.07. The molecule has 0 spiro atoms. The Hall–Kier alpha value is -1.16. The van der Waals surface area contributed by atoms with Crippen LogP contribution >= 0.6 is 11.6 Å². The molecular weight excluding hydrogens is 204 g/mol. The third-order valence-corrected chi connectivity index (χ3v) is 1.67. The summed E-state index contributed by atoms with van der Waals surface area (Å²) in [6.45, 7) is 3.91. The number of esters is 1. The number of ether oxygens (including phenoxy) is 1. The third-order valence-electron chi connectivity index (χ3n) is 1.48. The minimum absolute atomic E-state index is 0.0647. The van der Waals surface area contributed by atoms with E-state index < -0.39 is 0 Å². The monoisotopic (exact) mass is 214 g/mol. The van der Waals surface area contributed by atoms with Gasteiger partial charge in [-0.2, -0.15) is 0 Å². The van der Waals surface area contributed by atoms with Gasteiger partial charge in [-0.3, -0.25) is 4.79 Å². The van der Waals surface area contributed by atoms with Gasteiger partial charge in [0.1, 0.15) is 17.4 Å². The number of aryl methyl sites for hydroxylation is 1. The van der Waals surface area contributed by atoms with Crippen molar-refractivity contribution in [2.45, 2.75) is 20.3 Å². The lowest BCUT2D eigenvalue weighted by Crippen LogP contribution is -2.10. The molecule has 1 aromatic heterocycles. The summed E-state index contributed by atoms with van der Waals surface area (Å²) in [5.74, 6) is 0.0580. The van der Waals surface area contributed by atoms with E-state index in [1.165, 1.54) is 0 Å². The molecule has 14 heavy (non-hydrogen) atoms. The Morgan fingerprint density at radius 1 is 1.57 bits per heavy atom. The Morgan fingerprint density at radius 3 is 2.86 bits per heavy atom. The number of carbonyl (C=O) groups is 1. The van der Waals surface area contributed by atoms with Crippen LogP contribution in [0.25, 0.3) is 0 Å². The molecule has 0 saturated heterocycles. The van der Waals surface area contributed by atoms with E-state index in [2.05, 4.69) is 9.97 Å². The van der Waals surface area contributed by atoms with E-state index in [0.29, 0.717) is 17.6 Å². The molecule has 0 aliphatic carbocycles. The van der Waals surface area contributed by atoms with Gasteiger partial charge >= 0.3 is 5.97 Å². The number of carbonyl (C=O) groups excluding carboxylic acids is 1. The minimum Gasteiger partial charge on any atom is -0.466 e. The summed E-state index contributed by atoms with van der Waals surface area (Å²) in [5.41, 5.74) is 0.740. The Labute approximate surface area is 87.3 Å². The Balaban J connectivity index is 2.71. The molecule has 0 unspecified atom stereocenters. The van der Waals surface area contributed by atoms with Crippen LogP contribution in [0.1, 0.15) is 18.4 Å². The van der Waals surface area contributed by atoms with Crippen LogP contribution in [-0.4, -0.2) is 22.5 Å². The summed E-state index contributed by atoms with van der Waals surface area (Å²) in [4.78, 5) is 19.1. The number of hydrogen-bond donors (Lipinski definition) is 0. The number of hydrogen-bond acceptors (Lipinski definition) is 4. The second-order valence-electron chi connectivity index (χ2n) is 2.73. The molecule has 1 aromatic rings. The fourth-order valence-corrected chi connectivity index (χ4v) is 1.26. The lowest BCUT2D eigenvalue weighted by molar-refractivity contribution is -0.142. The summed E-state index contributed by atoms with van der Waals surface area (Å²) in [5, 5.41) is 0.344. The fraction of sp³-hybridized carbons (Fsp3) is 0.444. The molecule has 0 fully saturated rings. The van der Waals surface area contributed by atoms with Crippen LogP contribution in [0.3, 0.4) is 0 Å². The highest BCUT2D eigenvalue weighted by molar-refractivity contribution is 6.29. The quantitative estimate of drug-likeness (QED) is 0.566. The molecule has 0 aliphatic rings. The van der Waals surface area contributed by atoms with Crippen molar-refractivity contribution >= 4 is 17.6 Å². The first kappa shape index (κ1) is 10.9. The normalized spacial score (nSPS) is 9.93. The zero-order valence-corrected chi connectivity index (χ0v) is 8.84. The standard InChI is InChI=1S/C9H11ClN2O2/c1-3-14-9(13)5-8-11-6(2)4-7(10)12-8/h4H,3,5H2,1-2H3. The lowest BCUT2D eigenvalue weighted by atomic mass is 10.3. The van der Waals surface area contributed by atoms with Crippen molar-refractivity contribution in [1.82, 2.24) is 9.97 Å². The van der Waals surface area contributed by atoms with E-state index in [9.17, 15) is 4.79 Å². The van der Waals surface area contributed by atoms with Crippen LogP contribution < -0.4 is 0 Å². The van der Waals surface area contributed by atoms with Gasteiger partial charge in [-0.05, 0) is 19.9 Å². The zero-order chi connectivity index (χ0) is 10.6. The van der Waals surface area contributed by atoms with Gasteiger partial charge in [0.15, 0.2) is 0 Å². The summed E-state index contributed by atoms with van der Waals surface area (Å²) >= 11 is 5.71. The fourth-order valence-electron chi connectivity index (χ4n) is 1.01. The van der Waals surface area contributed by atoms with E-state index >= 15 is 0 Å². The van der Waals surface area contributed by atoms with Gasteiger partial charge in [0.05, 0.1) is 6.61 Å². The van der Waals surface area contributed by atoms with Crippen molar-refractivity contribution in [3.8, 4) is 0 Å². The summed E-state index contributed by atoms with van der Waals surface area (Å²) in [7, 11) is 0. The molecule has 76 valence electrons. The molecule has 0 bridgehead atoms. The number of rotatable bonds is 3. The van der Waals surface area contributed by atoms with Crippen molar-refractivity contribution in [3.63, 3.8) is 0 Å². The Bertz CT molecular complexity index is 321. The van der Waals surface area contributed by atoms with Crippen molar-refractivity contribution in [3.05, 3.63) is 22.7 Å². The first-order chi connectivity index (χ1) is 6.61. The highest BCUT2D eigenvalue weighted by Crippen LogP contribution is 2.06. The largest absolute Gasteiger partial charge is 0.466 e. The second kappa shape index (κ2) is 4.91. The summed E-state index contributed by atoms with van der Waals surface area (Å²) in [6, 6.07) is 1.64. The predicted octanol–water partition coefficient (Wildman–Crippen LogP) is 1.54. The zero-order valence-electron chi connectivity index (χ0n) is 8.08. The Morgan fingerprint density at radius 2 is 2.29 bits per heavy atom. The maximum Gasteiger partial charge on any atom is 0.313 e. The van der Waals surface area contributed by atoms with E-state index in [1.54, 1.807) is 19.9 Å². The van der Waals surface area contributed by atoms with Crippen molar-refractivity contribution < 1.29 is 9.53 Å². The van der Waals surface area contributed by atoms with Crippen LogP contribution in [0, 0.1) is 6.92 Å². The molecule has 0 N–H and O–H groups in total. The number of halogens is 1. The van der Waals surface area contributed by atoms with Gasteiger partial charge in [-0.1, -0.05) is 11.6 Å². The first-order valence-electron chi connectivity index (χ1n) is 4.27. The van der Waals surface area contributed by atoms with Gasteiger partial charge in [-0.25, -0.2) is 9.97 Å². The van der Waals surface area contributed by atoms with E-state index in [-0.39, 0.29) is 12.4 Å². The third kappa shape index (κ3) is 3.30. The topological polar surface area (TPSA) is 52.1 Å². The van der Waals surface area contributed by atoms with Crippen LogP contribution in [0.15, 0.2) is 6.07 Å². The smallest absolute Gasteiger partial charge is 0.313 e. The van der Waals surface area contributed by atoms with E-state index in [4.69, 9.17) is 16.3 Å². The summed E-state index contributed by atoms with van der Waals surface area (Å²) in [6.07, 6.45) is 0.0647. The van der Waals surface area contributed by atoms with Crippen LogP contribution in [-0.2, 0) is 16.0 Å². The van der Waals surface area contributed by atoms with Crippen LogP contribution in [0.5, 0.6) is 0 Å². The van der Waals surface area contributed by atoms with Crippen molar-refractivity contribution in [1.29, 1.82) is 0 Å². The van der Waals surface area contributed by atoms with Crippen LogP contribution in [0.2, 0.25) is 5.15 Å². The molecule has 0 aromatic carbocycles. The van der Waals surface area contributed by atoms with Gasteiger partial charge in [0.25, 0.3) is 0 Å². The summed E-state index contributed by atoms with van der Waals surface area (Å²) < 4.78 is 4.76. The predicted molar refractivity (Wildman–Crippen MR) is 52.1 cm³/mol. The Kier molecular flexibility index (Phi) is 3.83. The van der Waals surface area contributed by atoms with Crippen molar-refractivity contribution in [2.75, 3.05) is 6.61 Å². The molecule has 1 rings (SSSR count). The average Bonchev–Trinajstić information content (AvgIpc) is 2.01.